The summed E-state index contributed by atoms with van der Waals surface area (Å²) in [6.45, 7) is 7.17. The molecule has 2 aromatic heterocycles. The minimum Gasteiger partial charge on any atom is -0.370 e. The quantitative estimate of drug-likeness (QED) is 0.845. The molecule has 0 bridgehead atoms. The van der Waals surface area contributed by atoms with E-state index in [-0.39, 0.29) is 5.56 Å². The maximum absolute atomic E-state index is 12.6. The van der Waals surface area contributed by atoms with Crippen molar-refractivity contribution in [2.45, 2.75) is 33.2 Å². The van der Waals surface area contributed by atoms with Crippen LogP contribution in [0, 0.1) is 0 Å². The van der Waals surface area contributed by atoms with Crippen molar-refractivity contribution >= 4 is 16.6 Å². The zero-order valence-corrected chi connectivity index (χ0v) is 11.9. The molecule has 0 radical (unpaired) electrons. The second kappa shape index (κ2) is 4.44. The number of pyridine rings is 1. The van der Waals surface area contributed by atoms with E-state index in [1.807, 2.05) is 22.4 Å². The van der Waals surface area contributed by atoms with E-state index >= 15 is 0 Å². The zero-order chi connectivity index (χ0) is 13.6. The average Bonchev–Trinajstić information content (AvgIpc) is 3.02. The molecular weight excluding hydrogens is 238 g/mol. The SMILES string of the molecule is CCN(CC)c1c2n(c(=O)c3c1ccn3C)CCC2. The maximum atomic E-state index is 12.6. The van der Waals surface area contributed by atoms with Crippen LogP contribution in [0.25, 0.3) is 10.9 Å². The van der Waals surface area contributed by atoms with Crippen molar-refractivity contribution in [1.82, 2.24) is 9.13 Å². The van der Waals surface area contributed by atoms with Crippen molar-refractivity contribution in [2.75, 3.05) is 18.0 Å². The zero-order valence-electron chi connectivity index (χ0n) is 11.9. The number of aromatic nitrogens is 2. The first kappa shape index (κ1) is 12.3. The molecule has 0 fully saturated rings. The number of rotatable bonds is 3. The summed E-state index contributed by atoms with van der Waals surface area (Å²) in [5, 5.41) is 1.12. The maximum Gasteiger partial charge on any atom is 0.275 e. The molecule has 19 heavy (non-hydrogen) atoms. The molecule has 4 nitrogen and oxygen atoms in total. The fourth-order valence-corrected chi connectivity index (χ4v) is 3.31. The van der Waals surface area contributed by atoms with Gasteiger partial charge in [-0.15, -0.1) is 0 Å². The molecule has 0 amide bonds. The molecule has 0 spiro atoms. The number of aryl methyl sites for hydroxylation is 1. The Morgan fingerprint density at radius 3 is 2.74 bits per heavy atom. The standard InChI is InChI=1S/C15H21N3O/c1-4-17(5-2)13-11-8-10-16(3)14(11)15(19)18-9-6-7-12(13)18/h8,10H,4-7,9H2,1-3H3. The Morgan fingerprint density at radius 2 is 2.05 bits per heavy atom. The lowest BCUT2D eigenvalue weighted by molar-refractivity contribution is 0.719. The van der Waals surface area contributed by atoms with Crippen LogP contribution in [0.15, 0.2) is 17.1 Å². The highest BCUT2D eigenvalue weighted by molar-refractivity contribution is 5.93. The molecule has 0 saturated heterocycles. The van der Waals surface area contributed by atoms with Gasteiger partial charge in [-0.3, -0.25) is 4.79 Å². The van der Waals surface area contributed by atoms with Gasteiger partial charge in [-0.2, -0.15) is 0 Å². The van der Waals surface area contributed by atoms with Crippen molar-refractivity contribution in [3.8, 4) is 0 Å². The largest absolute Gasteiger partial charge is 0.370 e. The number of nitrogens with zero attached hydrogens (tertiary/aromatic N) is 3. The number of hydrogen-bond acceptors (Lipinski definition) is 2. The molecule has 0 aromatic carbocycles. The van der Waals surface area contributed by atoms with E-state index in [0.717, 1.165) is 43.4 Å². The predicted octanol–water partition coefficient (Wildman–Crippen LogP) is 2.13. The lowest BCUT2D eigenvalue weighted by Crippen LogP contribution is -2.28. The topological polar surface area (TPSA) is 30.2 Å². The van der Waals surface area contributed by atoms with Crippen LogP contribution in [0.5, 0.6) is 0 Å². The van der Waals surface area contributed by atoms with Gasteiger partial charge in [0.1, 0.15) is 5.52 Å². The fourth-order valence-electron chi connectivity index (χ4n) is 3.31. The van der Waals surface area contributed by atoms with Gasteiger partial charge in [0.25, 0.3) is 5.56 Å². The van der Waals surface area contributed by atoms with Crippen LogP contribution in [0.3, 0.4) is 0 Å². The van der Waals surface area contributed by atoms with Gasteiger partial charge in [0.05, 0.1) is 5.69 Å². The molecule has 2 aromatic rings. The Morgan fingerprint density at radius 1 is 1.32 bits per heavy atom. The number of anilines is 1. The highest BCUT2D eigenvalue weighted by Gasteiger charge is 2.24. The Labute approximate surface area is 113 Å². The molecule has 102 valence electrons. The first-order chi connectivity index (χ1) is 9.19. The van der Waals surface area contributed by atoms with E-state index in [0.29, 0.717) is 0 Å². The summed E-state index contributed by atoms with van der Waals surface area (Å²) in [6.07, 6.45) is 4.10. The van der Waals surface area contributed by atoms with Crippen LogP contribution >= 0.6 is 0 Å². The third kappa shape index (κ3) is 1.62. The van der Waals surface area contributed by atoms with Crippen LogP contribution < -0.4 is 10.5 Å². The first-order valence-corrected chi connectivity index (χ1v) is 7.14. The Bertz CT molecular complexity index is 677. The normalized spacial score (nSPS) is 14.1. The Kier molecular flexibility index (Phi) is 2.88. The molecule has 4 heteroatoms. The van der Waals surface area contributed by atoms with Gasteiger partial charge in [-0.05, 0) is 32.8 Å². The highest BCUT2D eigenvalue weighted by atomic mass is 16.1. The van der Waals surface area contributed by atoms with Gasteiger partial charge in [0.2, 0.25) is 0 Å². The van der Waals surface area contributed by atoms with Gasteiger partial charge in [-0.1, -0.05) is 0 Å². The van der Waals surface area contributed by atoms with Crippen LogP contribution in [0.4, 0.5) is 5.69 Å². The number of hydrogen-bond donors (Lipinski definition) is 0. The molecule has 0 N–H and O–H groups in total. The van der Waals surface area contributed by atoms with E-state index in [1.165, 1.54) is 11.4 Å². The molecule has 0 aliphatic carbocycles. The van der Waals surface area contributed by atoms with Crippen LogP contribution in [-0.4, -0.2) is 22.2 Å². The van der Waals surface area contributed by atoms with Gasteiger partial charge < -0.3 is 14.0 Å². The smallest absolute Gasteiger partial charge is 0.275 e. The lowest BCUT2D eigenvalue weighted by Gasteiger charge is -2.25. The summed E-state index contributed by atoms with van der Waals surface area (Å²) >= 11 is 0. The van der Waals surface area contributed by atoms with E-state index < -0.39 is 0 Å². The molecule has 3 heterocycles. The van der Waals surface area contributed by atoms with Crippen LogP contribution in [-0.2, 0) is 20.0 Å². The molecule has 1 aliphatic rings. The van der Waals surface area contributed by atoms with Crippen molar-refractivity contribution < 1.29 is 0 Å². The van der Waals surface area contributed by atoms with Crippen LogP contribution in [0.2, 0.25) is 0 Å². The van der Waals surface area contributed by atoms with Crippen molar-refractivity contribution in [1.29, 1.82) is 0 Å². The molecular formula is C15H21N3O. The van der Waals surface area contributed by atoms with Crippen molar-refractivity contribution in [3.05, 3.63) is 28.3 Å². The summed E-state index contributed by atoms with van der Waals surface area (Å²) in [5.41, 5.74) is 3.52. The second-order valence-corrected chi connectivity index (χ2v) is 5.22. The summed E-state index contributed by atoms with van der Waals surface area (Å²) in [4.78, 5) is 15.0. The average molecular weight is 259 g/mol. The summed E-state index contributed by atoms with van der Waals surface area (Å²) in [7, 11) is 1.96. The summed E-state index contributed by atoms with van der Waals surface area (Å²) in [6, 6.07) is 2.09. The van der Waals surface area contributed by atoms with Gasteiger partial charge >= 0.3 is 0 Å². The monoisotopic (exact) mass is 259 g/mol. The van der Waals surface area contributed by atoms with Gasteiger partial charge in [0.15, 0.2) is 0 Å². The fraction of sp³-hybridized carbons (Fsp3) is 0.533. The summed E-state index contributed by atoms with van der Waals surface area (Å²) in [5.74, 6) is 0. The van der Waals surface area contributed by atoms with E-state index in [1.54, 1.807) is 0 Å². The van der Waals surface area contributed by atoms with E-state index in [2.05, 4.69) is 24.8 Å². The minimum atomic E-state index is 0.172. The third-order valence-corrected chi connectivity index (χ3v) is 4.25. The first-order valence-electron chi connectivity index (χ1n) is 7.14. The molecule has 0 atom stereocenters. The molecule has 0 saturated carbocycles. The van der Waals surface area contributed by atoms with Gasteiger partial charge in [0, 0.05) is 44.0 Å². The lowest BCUT2D eigenvalue weighted by atomic mass is 10.1. The van der Waals surface area contributed by atoms with Gasteiger partial charge in [-0.25, -0.2) is 0 Å². The predicted molar refractivity (Wildman–Crippen MR) is 79.1 cm³/mol. The Hall–Kier alpha value is -1.71. The highest BCUT2D eigenvalue weighted by Crippen LogP contribution is 2.32. The third-order valence-electron chi connectivity index (χ3n) is 4.25. The van der Waals surface area contributed by atoms with Crippen LogP contribution in [0.1, 0.15) is 26.0 Å². The second-order valence-electron chi connectivity index (χ2n) is 5.22. The minimum absolute atomic E-state index is 0.172. The van der Waals surface area contributed by atoms with Crippen molar-refractivity contribution in [3.63, 3.8) is 0 Å². The van der Waals surface area contributed by atoms with E-state index in [9.17, 15) is 4.79 Å². The summed E-state index contributed by atoms with van der Waals surface area (Å²) < 4.78 is 3.94. The number of fused-ring (bicyclic) bond motifs is 2. The van der Waals surface area contributed by atoms with E-state index in [4.69, 9.17) is 0 Å². The molecule has 0 unspecified atom stereocenters. The van der Waals surface area contributed by atoms with Crippen molar-refractivity contribution in [2.24, 2.45) is 7.05 Å². The Balaban J connectivity index is 2.42. The molecule has 1 aliphatic heterocycles. The molecule has 3 rings (SSSR count).